The van der Waals surface area contributed by atoms with Gasteiger partial charge in [0.1, 0.15) is 0 Å². The average Bonchev–Trinajstić information content (AvgIpc) is 2.37. The van der Waals surface area contributed by atoms with Gasteiger partial charge >= 0.3 is 0 Å². The third-order valence-corrected chi connectivity index (χ3v) is 3.42. The van der Waals surface area contributed by atoms with E-state index in [0.717, 1.165) is 25.2 Å². The summed E-state index contributed by atoms with van der Waals surface area (Å²) in [5, 5.41) is 9.31. The molecular weight excluding hydrogens is 240 g/mol. The molecule has 3 N–H and O–H groups in total. The van der Waals surface area contributed by atoms with Crippen molar-refractivity contribution in [2.24, 2.45) is 5.73 Å². The van der Waals surface area contributed by atoms with Crippen LogP contribution in [0.25, 0.3) is 0 Å². The number of aliphatic hydroxyl groups excluding tert-OH is 1. The molecule has 1 heterocycles. The molecule has 1 aromatic carbocycles. The van der Waals surface area contributed by atoms with Crippen molar-refractivity contribution < 1.29 is 9.84 Å². The van der Waals surface area contributed by atoms with Crippen molar-refractivity contribution in [3.8, 4) is 0 Å². The predicted molar refractivity (Wildman–Crippen MR) is 75.6 cm³/mol. The monoisotopic (exact) mass is 264 g/mol. The summed E-state index contributed by atoms with van der Waals surface area (Å²) in [4.78, 5) is 2.34. The summed E-state index contributed by atoms with van der Waals surface area (Å²) in [6.07, 6.45) is -0.0907. The molecule has 1 atom stereocenters. The standard InChI is InChI=1S/C15H24N2O2/c1-15(2)11-17(9-14(10-18)19-15)8-13-5-3-12(7-16)4-6-13/h3-6,14,18H,7-11,16H2,1-2H3. The zero-order valence-corrected chi connectivity index (χ0v) is 11.8. The Morgan fingerprint density at radius 3 is 2.53 bits per heavy atom. The maximum Gasteiger partial charge on any atom is 0.0940 e. The number of aliphatic hydroxyl groups is 1. The highest BCUT2D eigenvalue weighted by Gasteiger charge is 2.32. The van der Waals surface area contributed by atoms with E-state index in [0.29, 0.717) is 6.54 Å². The minimum Gasteiger partial charge on any atom is -0.394 e. The Morgan fingerprint density at radius 2 is 1.95 bits per heavy atom. The van der Waals surface area contributed by atoms with Gasteiger partial charge in [-0.25, -0.2) is 0 Å². The van der Waals surface area contributed by atoms with Gasteiger partial charge in [0.15, 0.2) is 0 Å². The molecule has 0 aromatic heterocycles. The van der Waals surface area contributed by atoms with E-state index in [1.807, 2.05) is 0 Å². The first-order valence-corrected chi connectivity index (χ1v) is 6.81. The fraction of sp³-hybridized carbons (Fsp3) is 0.600. The largest absolute Gasteiger partial charge is 0.394 e. The van der Waals surface area contributed by atoms with E-state index in [4.69, 9.17) is 10.5 Å². The summed E-state index contributed by atoms with van der Waals surface area (Å²) < 4.78 is 5.82. The number of benzene rings is 1. The second-order valence-electron chi connectivity index (χ2n) is 5.87. The minimum absolute atomic E-state index is 0.0754. The zero-order chi connectivity index (χ0) is 13.9. The van der Waals surface area contributed by atoms with Crippen molar-refractivity contribution in [2.45, 2.75) is 38.6 Å². The highest BCUT2D eigenvalue weighted by Crippen LogP contribution is 2.22. The lowest BCUT2D eigenvalue weighted by Gasteiger charge is -2.42. The van der Waals surface area contributed by atoms with E-state index in [9.17, 15) is 5.11 Å². The third kappa shape index (κ3) is 4.01. The molecule has 1 fully saturated rings. The Bertz CT molecular complexity index is 403. The number of hydrogen-bond acceptors (Lipinski definition) is 4. The Labute approximate surface area is 115 Å². The van der Waals surface area contributed by atoms with Crippen LogP contribution in [0.3, 0.4) is 0 Å². The normalized spacial score (nSPS) is 23.5. The molecule has 0 radical (unpaired) electrons. The van der Waals surface area contributed by atoms with Crippen LogP contribution in [-0.4, -0.2) is 41.4 Å². The van der Waals surface area contributed by atoms with Crippen molar-refractivity contribution in [1.82, 2.24) is 4.90 Å². The van der Waals surface area contributed by atoms with Gasteiger partial charge in [0, 0.05) is 26.2 Å². The van der Waals surface area contributed by atoms with Gasteiger partial charge in [-0.15, -0.1) is 0 Å². The molecule has 0 amide bonds. The van der Waals surface area contributed by atoms with Crippen molar-refractivity contribution in [3.63, 3.8) is 0 Å². The minimum atomic E-state index is -0.206. The van der Waals surface area contributed by atoms with Crippen molar-refractivity contribution in [3.05, 3.63) is 35.4 Å². The van der Waals surface area contributed by atoms with E-state index >= 15 is 0 Å². The lowest BCUT2D eigenvalue weighted by atomic mass is 10.0. The number of ether oxygens (including phenoxy) is 1. The lowest BCUT2D eigenvalue weighted by molar-refractivity contribution is -0.150. The number of nitrogens with two attached hydrogens (primary N) is 1. The Balaban J connectivity index is 2.00. The van der Waals surface area contributed by atoms with Crippen molar-refractivity contribution in [2.75, 3.05) is 19.7 Å². The molecule has 0 aliphatic carbocycles. The van der Waals surface area contributed by atoms with Gasteiger partial charge in [-0.05, 0) is 25.0 Å². The molecule has 1 aromatic rings. The first-order valence-electron chi connectivity index (χ1n) is 6.81. The maximum atomic E-state index is 9.31. The van der Waals surface area contributed by atoms with Gasteiger partial charge in [-0.2, -0.15) is 0 Å². The quantitative estimate of drug-likeness (QED) is 0.855. The van der Waals surface area contributed by atoms with Crippen LogP contribution in [0.15, 0.2) is 24.3 Å². The van der Waals surface area contributed by atoms with Gasteiger partial charge in [-0.1, -0.05) is 24.3 Å². The summed E-state index contributed by atoms with van der Waals surface area (Å²) in [7, 11) is 0. The molecule has 1 aliphatic rings. The molecule has 1 aliphatic heterocycles. The van der Waals surface area contributed by atoms with E-state index in [-0.39, 0.29) is 18.3 Å². The Morgan fingerprint density at radius 1 is 1.32 bits per heavy atom. The van der Waals surface area contributed by atoms with E-state index in [1.165, 1.54) is 5.56 Å². The van der Waals surface area contributed by atoms with E-state index in [2.05, 4.69) is 43.0 Å². The van der Waals surface area contributed by atoms with Gasteiger partial charge < -0.3 is 15.6 Å². The maximum absolute atomic E-state index is 9.31. The molecule has 4 heteroatoms. The van der Waals surface area contributed by atoms with Gasteiger partial charge in [0.25, 0.3) is 0 Å². The number of morpholine rings is 1. The van der Waals surface area contributed by atoms with Crippen LogP contribution in [0, 0.1) is 0 Å². The Hall–Kier alpha value is -0.940. The number of hydrogen-bond donors (Lipinski definition) is 2. The topological polar surface area (TPSA) is 58.7 Å². The summed E-state index contributed by atoms with van der Waals surface area (Å²) in [6, 6.07) is 8.39. The van der Waals surface area contributed by atoms with Crippen molar-refractivity contribution in [1.29, 1.82) is 0 Å². The first-order chi connectivity index (χ1) is 9.02. The van der Waals surface area contributed by atoms with Crippen LogP contribution < -0.4 is 5.73 Å². The second-order valence-corrected chi connectivity index (χ2v) is 5.87. The van der Waals surface area contributed by atoms with Crippen LogP contribution in [0.4, 0.5) is 0 Å². The Kier molecular flexibility index (Phi) is 4.58. The molecule has 106 valence electrons. The second kappa shape index (κ2) is 6.01. The van der Waals surface area contributed by atoms with E-state index in [1.54, 1.807) is 0 Å². The number of nitrogens with zero attached hydrogens (tertiary/aromatic N) is 1. The van der Waals surface area contributed by atoms with Gasteiger partial charge in [0.05, 0.1) is 18.3 Å². The fourth-order valence-corrected chi connectivity index (χ4v) is 2.67. The fourth-order valence-electron chi connectivity index (χ4n) is 2.67. The lowest BCUT2D eigenvalue weighted by Crippen LogP contribution is -2.53. The summed E-state index contributed by atoms with van der Waals surface area (Å²) in [6.45, 7) is 7.33. The third-order valence-electron chi connectivity index (χ3n) is 3.42. The van der Waals surface area contributed by atoms with Gasteiger partial charge in [-0.3, -0.25) is 4.90 Å². The SMILES string of the molecule is CC1(C)CN(Cc2ccc(CN)cc2)CC(CO)O1. The molecule has 4 nitrogen and oxygen atoms in total. The zero-order valence-electron chi connectivity index (χ0n) is 11.8. The summed E-state index contributed by atoms with van der Waals surface area (Å²) in [5.74, 6) is 0. The molecule has 2 rings (SSSR count). The summed E-state index contributed by atoms with van der Waals surface area (Å²) >= 11 is 0. The van der Waals surface area contributed by atoms with Gasteiger partial charge in [0.2, 0.25) is 0 Å². The average molecular weight is 264 g/mol. The number of rotatable bonds is 4. The molecule has 0 bridgehead atoms. The molecule has 0 spiro atoms. The molecular formula is C15H24N2O2. The smallest absolute Gasteiger partial charge is 0.0940 e. The molecule has 1 saturated heterocycles. The van der Waals surface area contributed by atoms with E-state index < -0.39 is 0 Å². The van der Waals surface area contributed by atoms with Crippen LogP contribution in [0.1, 0.15) is 25.0 Å². The van der Waals surface area contributed by atoms with Crippen LogP contribution in [0.2, 0.25) is 0 Å². The molecule has 1 unspecified atom stereocenters. The van der Waals surface area contributed by atoms with Crippen LogP contribution >= 0.6 is 0 Å². The molecule has 0 saturated carbocycles. The van der Waals surface area contributed by atoms with Crippen LogP contribution in [-0.2, 0) is 17.8 Å². The highest BCUT2D eigenvalue weighted by molar-refractivity contribution is 5.22. The summed E-state index contributed by atoms with van der Waals surface area (Å²) in [5.41, 5.74) is 7.82. The highest BCUT2D eigenvalue weighted by atomic mass is 16.5. The van der Waals surface area contributed by atoms with Crippen molar-refractivity contribution >= 4 is 0 Å². The predicted octanol–water partition coefficient (Wildman–Crippen LogP) is 1.12. The first kappa shape index (κ1) is 14.5. The molecule has 19 heavy (non-hydrogen) atoms. The van der Waals surface area contributed by atoms with Crippen LogP contribution in [0.5, 0.6) is 0 Å².